The van der Waals surface area contributed by atoms with E-state index in [1.165, 1.54) is 29.8 Å². The molecule has 0 radical (unpaired) electrons. The van der Waals surface area contributed by atoms with Crippen molar-refractivity contribution in [1.82, 2.24) is 14.5 Å². The molecule has 3 aromatic heterocycles. The maximum Gasteiger partial charge on any atom is 0.352 e. The van der Waals surface area contributed by atoms with Gasteiger partial charge >= 0.3 is 5.97 Å². The Hall–Kier alpha value is -4.80. The molecule has 258 valence electrons. The Labute approximate surface area is 298 Å². The van der Waals surface area contributed by atoms with Crippen LogP contribution in [0.4, 0.5) is 9.52 Å². The third kappa shape index (κ3) is 6.33. The third-order valence-corrected chi connectivity index (χ3v) is 11.2. The number of hydrogen-bond acceptors (Lipinski definition) is 10. The number of ketones is 1. The molecule has 1 aliphatic carbocycles. The number of aromatic nitrogens is 3. The summed E-state index contributed by atoms with van der Waals surface area (Å²) in [6, 6.07) is 8.73. The average molecular weight is 738 g/mol. The van der Waals surface area contributed by atoms with E-state index in [9.17, 15) is 19.5 Å². The summed E-state index contributed by atoms with van der Waals surface area (Å²) >= 11 is 9.08. The van der Waals surface area contributed by atoms with E-state index in [1.807, 2.05) is 39.7 Å². The molecule has 2 atom stereocenters. The van der Waals surface area contributed by atoms with E-state index in [1.54, 1.807) is 11.4 Å². The fourth-order valence-corrected chi connectivity index (χ4v) is 8.43. The lowest BCUT2D eigenvalue weighted by Crippen LogP contribution is -2.62. The van der Waals surface area contributed by atoms with Gasteiger partial charge in [-0.15, -0.1) is 23.1 Å². The number of carbonyl (C=O) groups excluding carboxylic acids is 2. The molecule has 1 amide bonds. The van der Waals surface area contributed by atoms with E-state index in [0.717, 1.165) is 35.2 Å². The number of amidine groups is 1. The van der Waals surface area contributed by atoms with Crippen molar-refractivity contribution in [3.8, 4) is 0 Å². The number of benzene rings is 1. The molecule has 13 nitrogen and oxygen atoms in total. The van der Waals surface area contributed by atoms with E-state index in [2.05, 4.69) is 15.1 Å². The van der Waals surface area contributed by atoms with Crippen LogP contribution in [-0.4, -0.2) is 73.0 Å². The second kappa shape index (κ2) is 13.5. The first-order valence-corrected chi connectivity index (χ1v) is 17.9. The SMILES string of the molecule is CO/N=C(\C(=O)C[C@@H]1C(=O)N2C(C(=O)O)=C(C[n+]3cccc4c3ccn4Cc3c(F)cc(C(N)=NC4CC4)cc3Cl)CS[C@H]12)c1csc(N)n1. The highest BCUT2D eigenvalue weighted by Crippen LogP contribution is 2.45. The van der Waals surface area contributed by atoms with Gasteiger partial charge in [0, 0.05) is 57.6 Å². The number of thiazole rings is 1. The van der Waals surface area contributed by atoms with Crippen molar-refractivity contribution in [2.24, 2.45) is 21.8 Å². The summed E-state index contributed by atoms with van der Waals surface area (Å²) in [6.07, 6.45) is 5.39. The van der Waals surface area contributed by atoms with E-state index in [4.69, 9.17) is 27.9 Å². The minimum absolute atomic E-state index is 0.0522. The minimum Gasteiger partial charge on any atom is -0.477 e. The predicted octanol–water partition coefficient (Wildman–Crippen LogP) is 3.56. The molecule has 2 fully saturated rings. The maximum atomic E-state index is 15.3. The first kappa shape index (κ1) is 33.7. The molecule has 17 heteroatoms. The van der Waals surface area contributed by atoms with Gasteiger partial charge in [-0.05, 0) is 31.0 Å². The summed E-state index contributed by atoms with van der Waals surface area (Å²) in [5, 5.41) is 15.6. The van der Waals surface area contributed by atoms with Gasteiger partial charge in [0.05, 0.1) is 23.9 Å². The zero-order valence-electron chi connectivity index (χ0n) is 26.6. The quantitative estimate of drug-likeness (QED) is 0.0644. The number of hydrogen-bond donors (Lipinski definition) is 3. The normalized spacial score (nSPS) is 19.5. The van der Waals surface area contributed by atoms with E-state index >= 15 is 4.39 Å². The van der Waals surface area contributed by atoms with Crippen LogP contribution in [0, 0.1) is 11.7 Å². The smallest absolute Gasteiger partial charge is 0.352 e. The van der Waals surface area contributed by atoms with Crippen molar-refractivity contribution in [3.63, 3.8) is 0 Å². The summed E-state index contributed by atoms with van der Waals surface area (Å²) in [5.74, 6) is -2.79. The number of rotatable bonds is 12. The molecular weight excluding hydrogens is 707 g/mol. The van der Waals surface area contributed by atoms with Gasteiger partial charge in [-0.2, -0.15) is 4.57 Å². The predicted molar refractivity (Wildman–Crippen MR) is 187 cm³/mol. The molecule has 3 aliphatic rings. The van der Waals surface area contributed by atoms with Gasteiger partial charge in [-0.1, -0.05) is 16.8 Å². The van der Waals surface area contributed by atoms with Crippen molar-refractivity contribution >= 4 is 80.1 Å². The number of nitrogens with two attached hydrogens (primary N) is 2. The van der Waals surface area contributed by atoms with Crippen molar-refractivity contribution in [2.75, 3.05) is 18.6 Å². The number of nitrogens with zero attached hydrogens (tertiary/aromatic N) is 6. The van der Waals surface area contributed by atoms with Crippen LogP contribution in [0.25, 0.3) is 11.0 Å². The molecule has 1 saturated heterocycles. The summed E-state index contributed by atoms with van der Waals surface area (Å²) in [7, 11) is 1.30. The number of anilines is 1. The second-order valence-electron chi connectivity index (χ2n) is 12.1. The largest absolute Gasteiger partial charge is 0.477 e. The highest BCUT2D eigenvalue weighted by atomic mass is 35.5. The minimum atomic E-state index is -1.23. The molecule has 0 unspecified atom stereocenters. The summed E-state index contributed by atoms with van der Waals surface area (Å²) < 4.78 is 19.1. The van der Waals surface area contributed by atoms with Crippen LogP contribution in [0.1, 0.15) is 36.1 Å². The molecule has 50 heavy (non-hydrogen) atoms. The summed E-state index contributed by atoms with van der Waals surface area (Å²) in [4.78, 5) is 53.8. The highest BCUT2D eigenvalue weighted by molar-refractivity contribution is 8.00. The van der Waals surface area contributed by atoms with Gasteiger partial charge < -0.3 is 26.0 Å². The van der Waals surface area contributed by atoms with Crippen molar-refractivity contribution in [3.05, 3.63) is 87.0 Å². The van der Waals surface area contributed by atoms with Crippen LogP contribution < -0.4 is 16.0 Å². The number of β-lactam (4-membered cyclic amide) rings is 1. The lowest BCUT2D eigenvalue weighted by molar-refractivity contribution is -0.663. The number of fused-ring (bicyclic) bond motifs is 2. The van der Waals surface area contributed by atoms with Gasteiger partial charge in [-0.3, -0.25) is 19.5 Å². The van der Waals surface area contributed by atoms with Gasteiger partial charge in [0.15, 0.2) is 29.4 Å². The Bertz CT molecular complexity index is 2140. The number of carbonyl (C=O) groups is 3. The highest BCUT2D eigenvalue weighted by Gasteiger charge is 2.54. The van der Waals surface area contributed by atoms with Crippen molar-refractivity contribution in [2.45, 2.75) is 43.8 Å². The third-order valence-electron chi connectivity index (χ3n) is 8.79. The fourth-order valence-electron chi connectivity index (χ4n) is 6.21. The number of halogens is 2. The lowest BCUT2D eigenvalue weighted by Gasteiger charge is -2.49. The fraction of sp³-hybridized carbons (Fsp3) is 0.303. The Morgan fingerprint density at radius 2 is 2.08 bits per heavy atom. The zero-order valence-corrected chi connectivity index (χ0v) is 29.0. The number of carboxylic acids is 1. The van der Waals surface area contributed by atoms with Crippen LogP contribution in [0.15, 0.2) is 69.5 Å². The molecule has 5 heterocycles. The molecule has 0 bridgehead atoms. The van der Waals surface area contributed by atoms with E-state index in [0.29, 0.717) is 22.5 Å². The monoisotopic (exact) mass is 737 g/mol. The number of oxime groups is 1. The molecule has 1 aromatic carbocycles. The average Bonchev–Trinajstić information content (AvgIpc) is 3.64. The molecular formula is C33H31ClFN8O5S2+. The zero-order chi connectivity index (χ0) is 35.3. The number of Topliss-reactive ketones (excluding diaryl/α,β-unsaturated/α-hetero) is 1. The van der Waals surface area contributed by atoms with Crippen LogP contribution >= 0.6 is 34.7 Å². The number of thioether (sulfide) groups is 1. The van der Waals surface area contributed by atoms with E-state index in [-0.39, 0.29) is 58.6 Å². The molecule has 5 N–H and O–H groups in total. The molecule has 4 aromatic rings. The number of aliphatic carboxylic acids is 1. The molecule has 7 rings (SSSR count). The molecule has 2 aliphatic heterocycles. The summed E-state index contributed by atoms with van der Waals surface area (Å²) in [5.41, 5.74) is 14.7. The molecule has 0 spiro atoms. The number of carboxylic acid groups (broad SMARTS) is 1. The van der Waals surface area contributed by atoms with Crippen LogP contribution in [0.2, 0.25) is 5.02 Å². The summed E-state index contributed by atoms with van der Waals surface area (Å²) in [6.45, 7) is 0.336. The number of nitrogen functional groups attached to an aromatic ring is 1. The van der Waals surface area contributed by atoms with Crippen LogP contribution in [-0.2, 0) is 32.3 Å². The van der Waals surface area contributed by atoms with Crippen molar-refractivity contribution < 1.29 is 33.3 Å². The van der Waals surface area contributed by atoms with Gasteiger partial charge in [0.25, 0.3) is 0 Å². The van der Waals surface area contributed by atoms with Crippen LogP contribution in [0.5, 0.6) is 0 Å². The number of aliphatic imine (C=N–C) groups is 1. The van der Waals surface area contributed by atoms with Crippen LogP contribution in [0.3, 0.4) is 0 Å². The topological polar surface area (TPSA) is 182 Å². The van der Waals surface area contributed by atoms with E-state index < -0.39 is 34.8 Å². The van der Waals surface area contributed by atoms with Gasteiger partial charge in [0.1, 0.15) is 35.7 Å². The first-order valence-electron chi connectivity index (χ1n) is 15.6. The maximum absolute atomic E-state index is 15.3. The Morgan fingerprint density at radius 1 is 1.28 bits per heavy atom. The Balaban J connectivity index is 1.10. The standard InChI is InChI=1S/C33H30ClFN8O5S2/c1-48-40-27(23-15-50-33(37)39-23)26(44)11-19-30(45)43-28(32(46)47)17(14-49-31(19)43)12-41-7-2-3-24-25(41)6-8-42(24)13-20-21(34)9-16(10-22(20)35)29(36)38-18-4-5-18/h2-3,6-10,15,18-19,31H,4-5,11-14H2,1H3,(H4-,36,37,38,39,46,47)/p+1/b40-27-/t19-,31-/m1/s1. The Kier molecular flexibility index (Phi) is 9.09. The van der Waals surface area contributed by atoms with Gasteiger partial charge in [0.2, 0.25) is 11.4 Å². The van der Waals surface area contributed by atoms with Crippen molar-refractivity contribution in [1.29, 1.82) is 0 Å². The first-order chi connectivity index (χ1) is 24.0. The van der Waals surface area contributed by atoms with Gasteiger partial charge in [-0.25, -0.2) is 14.2 Å². The number of amides is 1. The Morgan fingerprint density at radius 3 is 2.76 bits per heavy atom. The molecule has 1 saturated carbocycles. The second-order valence-corrected chi connectivity index (χ2v) is 14.5. The number of pyridine rings is 1. The lowest BCUT2D eigenvalue weighted by atomic mass is 9.89.